The Morgan fingerprint density at radius 1 is 1.07 bits per heavy atom. The second-order valence-electron chi connectivity index (χ2n) is 16.7. The largest absolute Gasteiger partial charge is 0.483 e. The molecule has 292 valence electrons. The van der Waals surface area contributed by atoms with Gasteiger partial charge in [0.15, 0.2) is 0 Å². The number of pyridine rings is 1. The van der Waals surface area contributed by atoms with Crippen LogP contribution in [0.25, 0.3) is 10.9 Å². The zero-order chi connectivity index (χ0) is 38.6. The number of nitrogens with zero attached hydrogens (tertiary/aromatic N) is 2. The number of fused-ring (bicyclic) bond motifs is 5. The number of aryl methyl sites for hydroxylation is 3. The number of carbonyl (C=O) groups is 4. The number of ether oxygens (including phenoxy) is 2. The van der Waals surface area contributed by atoms with Crippen LogP contribution in [-0.4, -0.2) is 82.7 Å². The zero-order valence-electron chi connectivity index (χ0n) is 32.0. The number of benzene rings is 1. The molecule has 4 heterocycles. The Hall–Kier alpha value is -4.20. The summed E-state index contributed by atoms with van der Waals surface area (Å²) in [6, 6.07) is 4.09. The van der Waals surface area contributed by atoms with Gasteiger partial charge < -0.3 is 25.0 Å². The van der Waals surface area contributed by atoms with Crippen LogP contribution >= 0.6 is 0 Å². The maximum absolute atomic E-state index is 14.7. The van der Waals surface area contributed by atoms with Crippen molar-refractivity contribution in [2.45, 2.75) is 146 Å². The summed E-state index contributed by atoms with van der Waals surface area (Å²) in [5, 5.41) is 6.80. The first-order valence-corrected chi connectivity index (χ1v) is 21.0. The second kappa shape index (κ2) is 14.1. The van der Waals surface area contributed by atoms with Crippen LogP contribution < -0.4 is 20.1 Å². The highest BCUT2D eigenvalue weighted by molar-refractivity contribution is 7.91. The number of hydrogen-bond donors (Lipinski definition) is 3. The molecule has 3 N–H and O–H groups in total. The average Bonchev–Trinajstić information content (AvgIpc) is 3.77. The molecule has 5 unspecified atom stereocenters. The van der Waals surface area contributed by atoms with E-state index >= 15 is 0 Å². The van der Waals surface area contributed by atoms with E-state index in [2.05, 4.69) is 21.4 Å². The molecule has 5 aliphatic rings. The van der Waals surface area contributed by atoms with E-state index in [0.717, 1.165) is 34.9 Å². The molecule has 2 aromatic rings. The zero-order valence-corrected chi connectivity index (χ0v) is 32.8. The molecule has 5 atom stereocenters. The van der Waals surface area contributed by atoms with Crippen molar-refractivity contribution in [3.05, 3.63) is 47.2 Å². The fourth-order valence-corrected chi connectivity index (χ4v) is 9.88. The minimum absolute atomic E-state index is 0.0708. The van der Waals surface area contributed by atoms with Crippen LogP contribution in [0.2, 0.25) is 0 Å². The third-order valence-electron chi connectivity index (χ3n) is 12.2. The molecule has 14 heteroatoms. The average molecular weight is 764 g/mol. The lowest BCUT2D eigenvalue weighted by Crippen LogP contribution is -2.70. The SMILES string of the molecule is Cc1ccc2nc(C)c3c(c2c1)CCC1(CC2C(=O)NC4(C(=O)NS(=O)(=O)C5(C)CC5)CCC4C=CCCCCCC(NC(=O)OC(C)C)C(=O)N2C1)O3. The fraction of sp³-hybridized carbons (Fsp3) is 0.625. The first-order chi connectivity index (χ1) is 25.6. The molecule has 1 spiro atoms. The Morgan fingerprint density at radius 2 is 1.85 bits per heavy atom. The van der Waals surface area contributed by atoms with Crippen molar-refractivity contribution < 1.29 is 37.1 Å². The molecule has 7 rings (SSSR count). The molecule has 3 fully saturated rings. The smallest absolute Gasteiger partial charge is 0.408 e. The standard InChI is InChI=1S/C40H53N5O8S/c1-24(2)52-37(49)42-31-12-10-8-6-7-9-11-27-15-18-40(27,36(48)44-54(50,51)38(5)19-20-38)43-34(46)32-22-39(23-45(32)35(31)47)17-16-28-29-21-25(3)13-14-30(29)41-26(4)33(28)53-39/h9,11,13-14,21,24,27,31-32H,6-8,10,12,15-20,22-23H2,1-5H3,(H,42,49)(H,43,46)(H,44,48). The Morgan fingerprint density at radius 3 is 2.56 bits per heavy atom. The predicted molar refractivity (Wildman–Crippen MR) is 202 cm³/mol. The highest BCUT2D eigenvalue weighted by Crippen LogP contribution is 2.47. The monoisotopic (exact) mass is 763 g/mol. The summed E-state index contributed by atoms with van der Waals surface area (Å²) >= 11 is 0. The molecule has 4 amide bonds. The van der Waals surface area contributed by atoms with Crippen molar-refractivity contribution in [1.82, 2.24) is 25.2 Å². The molecule has 0 radical (unpaired) electrons. The number of allylic oxidation sites excluding steroid dienone is 1. The van der Waals surface area contributed by atoms with Gasteiger partial charge in [-0.3, -0.25) is 19.1 Å². The summed E-state index contributed by atoms with van der Waals surface area (Å²) in [6.07, 6.45) is 9.09. The maximum atomic E-state index is 14.7. The van der Waals surface area contributed by atoms with Crippen LogP contribution in [0.3, 0.4) is 0 Å². The van der Waals surface area contributed by atoms with Crippen LogP contribution in [0.1, 0.15) is 108 Å². The Kier molecular flexibility index (Phi) is 9.97. The van der Waals surface area contributed by atoms with E-state index in [9.17, 15) is 27.6 Å². The van der Waals surface area contributed by atoms with Gasteiger partial charge in [-0.05, 0) is 105 Å². The topological polar surface area (TPSA) is 173 Å². The van der Waals surface area contributed by atoms with Gasteiger partial charge in [-0.1, -0.05) is 36.6 Å². The van der Waals surface area contributed by atoms with E-state index in [-0.39, 0.29) is 19.4 Å². The highest BCUT2D eigenvalue weighted by Gasteiger charge is 2.59. The molecule has 1 aromatic heterocycles. The maximum Gasteiger partial charge on any atom is 0.408 e. The quantitative estimate of drug-likeness (QED) is 0.362. The number of nitrogens with one attached hydrogen (secondary N) is 3. The van der Waals surface area contributed by atoms with Gasteiger partial charge in [0, 0.05) is 23.3 Å². The summed E-state index contributed by atoms with van der Waals surface area (Å²) in [5.41, 5.74) is 1.24. The van der Waals surface area contributed by atoms with E-state index in [1.165, 1.54) is 4.90 Å². The van der Waals surface area contributed by atoms with Crippen molar-refractivity contribution >= 4 is 44.7 Å². The summed E-state index contributed by atoms with van der Waals surface area (Å²) < 4.78 is 40.1. The summed E-state index contributed by atoms with van der Waals surface area (Å²) in [7, 11) is -3.99. The number of carbonyl (C=O) groups excluding carboxylic acids is 4. The summed E-state index contributed by atoms with van der Waals surface area (Å²) in [4.78, 5) is 62.8. The number of amides is 4. The van der Waals surface area contributed by atoms with Gasteiger partial charge in [0.1, 0.15) is 29.0 Å². The van der Waals surface area contributed by atoms with Crippen LogP contribution in [0, 0.1) is 19.8 Å². The minimum Gasteiger partial charge on any atom is -0.483 e. The molecule has 2 saturated carbocycles. The van der Waals surface area contributed by atoms with Crippen molar-refractivity contribution in [1.29, 1.82) is 0 Å². The molecular weight excluding hydrogens is 711 g/mol. The van der Waals surface area contributed by atoms with Crippen molar-refractivity contribution in [3.63, 3.8) is 0 Å². The third-order valence-corrected chi connectivity index (χ3v) is 14.4. The van der Waals surface area contributed by atoms with Gasteiger partial charge in [0.2, 0.25) is 21.8 Å². The van der Waals surface area contributed by atoms with Crippen LogP contribution in [-0.2, 0) is 35.6 Å². The number of hydrogen-bond acceptors (Lipinski definition) is 9. The van der Waals surface area contributed by atoms with Gasteiger partial charge in [-0.15, -0.1) is 0 Å². The normalized spacial score (nSPS) is 29.4. The van der Waals surface area contributed by atoms with Gasteiger partial charge >= 0.3 is 6.09 Å². The van der Waals surface area contributed by atoms with E-state index < -0.39 is 73.8 Å². The molecule has 1 aromatic carbocycles. The molecule has 1 saturated heterocycles. The number of aromatic nitrogens is 1. The third kappa shape index (κ3) is 7.06. The van der Waals surface area contributed by atoms with Gasteiger partial charge in [-0.25, -0.2) is 18.2 Å². The predicted octanol–water partition coefficient (Wildman–Crippen LogP) is 4.80. The molecule has 54 heavy (non-hydrogen) atoms. The van der Waals surface area contributed by atoms with Crippen molar-refractivity contribution in [3.8, 4) is 5.75 Å². The molecule has 3 aliphatic heterocycles. The minimum atomic E-state index is -3.99. The van der Waals surface area contributed by atoms with Gasteiger partial charge in [-0.2, -0.15) is 0 Å². The van der Waals surface area contributed by atoms with Gasteiger partial charge in [0.05, 0.1) is 28.6 Å². The molecule has 13 nitrogen and oxygen atoms in total. The summed E-state index contributed by atoms with van der Waals surface area (Å²) in [5.74, 6) is -1.56. The summed E-state index contributed by atoms with van der Waals surface area (Å²) in [6.45, 7) is 9.06. The highest BCUT2D eigenvalue weighted by atomic mass is 32.2. The Bertz CT molecular complexity index is 2010. The molecular formula is C40H53N5O8S. The van der Waals surface area contributed by atoms with E-state index in [1.54, 1.807) is 20.8 Å². The number of sulfonamides is 1. The first kappa shape index (κ1) is 38.1. The Labute approximate surface area is 317 Å². The second-order valence-corrected chi connectivity index (χ2v) is 18.9. The van der Waals surface area contributed by atoms with Crippen LogP contribution in [0.4, 0.5) is 4.79 Å². The van der Waals surface area contributed by atoms with Crippen LogP contribution in [0.15, 0.2) is 30.4 Å². The van der Waals surface area contributed by atoms with Crippen molar-refractivity contribution in [2.75, 3.05) is 6.54 Å². The number of alkyl carbamates (subject to hydrolysis) is 1. The van der Waals surface area contributed by atoms with E-state index in [1.807, 2.05) is 38.1 Å². The van der Waals surface area contributed by atoms with E-state index in [4.69, 9.17) is 14.5 Å². The molecule has 2 aliphatic carbocycles. The Balaban J connectivity index is 1.25. The van der Waals surface area contributed by atoms with Crippen molar-refractivity contribution in [2.24, 2.45) is 5.92 Å². The lowest BCUT2D eigenvalue weighted by atomic mass is 9.65. The fourth-order valence-electron chi connectivity index (χ4n) is 8.57. The molecule has 0 bridgehead atoms. The first-order valence-electron chi connectivity index (χ1n) is 19.5. The number of rotatable bonds is 5. The lowest BCUT2D eigenvalue weighted by Gasteiger charge is -2.48. The van der Waals surface area contributed by atoms with Crippen LogP contribution in [0.5, 0.6) is 5.75 Å². The lowest BCUT2D eigenvalue weighted by molar-refractivity contribution is -0.144. The van der Waals surface area contributed by atoms with E-state index in [0.29, 0.717) is 62.8 Å². The van der Waals surface area contributed by atoms with Gasteiger partial charge in [0.25, 0.3) is 5.91 Å².